The van der Waals surface area contributed by atoms with E-state index < -0.39 is 0 Å². The van der Waals surface area contributed by atoms with Crippen LogP contribution >= 0.6 is 11.3 Å². The molecule has 0 atom stereocenters. The molecule has 3 rings (SSSR count). The Morgan fingerprint density at radius 2 is 1.89 bits per heavy atom. The molecule has 0 radical (unpaired) electrons. The first-order chi connectivity index (χ1) is 13.5. The fourth-order valence-electron chi connectivity index (χ4n) is 2.60. The smallest absolute Gasteiger partial charge is 0.271 e. The van der Waals surface area contributed by atoms with Crippen LogP contribution in [0.25, 0.3) is 10.6 Å². The van der Waals surface area contributed by atoms with E-state index in [2.05, 4.69) is 15.3 Å². The third-order valence-corrected chi connectivity index (χ3v) is 5.23. The first-order valence-corrected chi connectivity index (χ1v) is 9.88. The van der Waals surface area contributed by atoms with Crippen molar-refractivity contribution >= 4 is 28.8 Å². The summed E-state index contributed by atoms with van der Waals surface area (Å²) in [6.45, 7) is 4.17. The van der Waals surface area contributed by atoms with Crippen LogP contribution in [0.2, 0.25) is 0 Å². The summed E-state index contributed by atoms with van der Waals surface area (Å²) in [5.41, 5.74) is 4.01. The fraction of sp³-hybridized carbons (Fsp3) is 0.238. The van der Waals surface area contributed by atoms with Crippen molar-refractivity contribution in [3.63, 3.8) is 0 Å². The van der Waals surface area contributed by atoms with E-state index >= 15 is 0 Å². The average molecular weight is 395 g/mol. The van der Waals surface area contributed by atoms with Gasteiger partial charge in [-0.25, -0.2) is 4.98 Å². The highest BCUT2D eigenvalue weighted by molar-refractivity contribution is 7.13. The van der Waals surface area contributed by atoms with Gasteiger partial charge >= 0.3 is 0 Å². The molecule has 1 aromatic carbocycles. The molecule has 0 aliphatic carbocycles. The second kappa shape index (κ2) is 8.75. The van der Waals surface area contributed by atoms with Crippen molar-refractivity contribution in [3.8, 4) is 10.6 Å². The molecule has 6 nitrogen and oxygen atoms in total. The monoisotopic (exact) mass is 394 g/mol. The molecule has 2 amide bonds. The Labute approximate surface area is 168 Å². The SMILES string of the molecule is CCC(=O)N(C)c1ccc(-c2nc(C(=O)NCc3ccc(C)nc3)cs2)cc1. The lowest BCUT2D eigenvalue weighted by molar-refractivity contribution is -0.118. The van der Waals surface area contributed by atoms with Gasteiger partial charge in [-0.05, 0) is 42.8 Å². The van der Waals surface area contributed by atoms with E-state index in [1.165, 1.54) is 11.3 Å². The number of hydrogen-bond acceptors (Lipinski definition) is 5. The number of hydrogen-bond donors (Lipinski definition) is 1. The number of aromatic nitrogens is 2. The van der Waals surface area contributed by atoms with E-state index in [1.54, 1.807) is 23.5 Å². The van der Waals surface area contributed by atoms with Crippen molar-refractivity contribution in [1.29, 1.82) is 0 Å². The van der Waals surface area contributed by atoms with Crippen LogP contribution < -0.4 is 10.2 Å². The predicted octanol–water partition coefficient (Wildman–Crippen LogP) is 3.82. The largest absolute Gasteiger partial charge is 0.347 e. The van der Waals surface area contributed by atoms with Crippen molar-refractivity contribution < 1.29 is 9.59 Å². The zero-order chi connectivity index (χ0) is 20.1. The van der Waals surface area contributed by atoms with Gasteiger partial charge in [0.2, 0.25) is 5.91 Å². The van der Waals surface area contributed by atoms with Gasteiger partial charge in [-0.2, -0.15) is 0 Å². The number of aryl methyl sites for hydroxylation is 1. The van der Waals surface area contributed by atoms with Crippen LogP contribution in [0, 0.1) is 6.92 Å². The van der Waals surface area contributed by atoms with Crippen molar-refractivity contribution in [2.75, 3.05) is 11.9 Å². The third-order valence-electron chi connectivity index (χ3n) is 4.34. The second-order valence-electron chi connectivity index (χ2n) is 6.38. The summed E-state index contributed by atoms with van der Waals surface area (Å²) in [6, 6.07) is 11.4. The first kappa shape index (κ1) is 19.7. The minimum atomic E-state index is -0.215. The van der Waals surface area contributed by atoms with Gasteiger partial charge in [-0.15, -0.1) is 11.3 Å². The van der Waals surface area contributed by atoms with Gasteiger partial charge in [0.25, 0.3) is 5.91 Å². The minimum absolute atomic E-state index is 0.0599. The number of pyridine rings is 1. The van der Waals surface area contributed by atoms with Gasteiger partial charge in [-0.1, -0.05) is 13.0 Å². The maximum Gasteiger partial charge on any atom is 0.271 e. The second-order valence-corrected chi connectivity index (χ2v) is 7.24. The number of carbonyl (C=O) groups is 2. The molecule has 28 heavy (non-hydrogen) atoms. The third kappa shape index (κ3) is 4.61. The number of rotatable bonds is 6. The van der Waals surface area contributed by atoms with Crippen LogP contribution in [0.5, 0.6) is 0 Å². The molecule has 0 aliphatic heterocycles. The summed E-state index contributed by atoms with van der Waals surface area (Å²) < 4.78 is 0. The number of anilines is 1. The van der Waals surface area contributed by atoms with Crippen molar-refractivity contribution in [2.24, 2.45) is 0 Å². The number of benzene rings is 1. The summed E-state index contributed by atoms with van der Waals surface area (Å²) in [4.78, 5) is 34.4. The Morgan fingerprint density at radius 3 is 2.54 bits per heavy atom. The Kier molecular flexibility index (Phi) is 6.16. The summed E-state index contributed by atoms with van der Waals surface area (Å²) in [5.74, 6) is -0.155. The maximum atomic E-state index is 12.3. The summed E-state index contributed by atoms with van der Waals surface area (Å²) in [7, 11) is 1.76. The zero-order valence-corrected chi connectivity index (χ0v) is 16.9. The number of thiazole rings is 1. The lowest BCUT2D eigenvalue weighted by Crippen LogP contribution is -2.24. The highest BCUT2D eigenvalue weighted by atomic mass is 32.1. The maximum absolute atomic E-state index is 12.3. The van der Waals surface area contributed by atoms with E-state index in [9.17, 15) is 9.59 Å². The molecule has 2 heterocycles. The van der Waals surface area contributed by atoms with Crippen molar-refractivity contribution in [2.45, 2.75) is 26.8 Å². The molecule has 0 saturated heterocycles. The van der Waals surface area contributed by atoms with Gasteiger partial charge in [0.15, 0.2) is 0 Å². The standard InChI is InChI=1S/C21H22N4O2S/c1-4-19(26)25(3)17-9-7-16(8-10-17)21-24-18(13-28-21)20(27)23-12-15-6-5-14(2)22-11-15/h5-11,13H,4,12H2,1-3H3,(H,23,27). The average Bonchev–Trinajstić information content (AvgIpc) is 3.22. The van der Waals surface area contributed by atoms with Crippen LogP contribution in [0.1, 0.15) is 35.1 Å². The summed E-state index contributed by atoms with van der Waals surface area (Å²) in [6.07, 6.45) is 2.21. The summed E-state index contributed by atoms with van der Waals surface area (Å²) in [5, 5.41) is 5.37. The number of nitrogens with zero attached hydrogens (tertiary/aromatic N) is 3. The lowest BCUT2D eigenvalue weighted by Gasteiger charge is -2.16. The minimum Gasteiger partial charge on any atom is -0.347 e. The fourth-order valence-corrected chi connectivity index (χ4v) is 3.40. The Bertz CT molecular complexity index is 965. The lowest BCUT2D eigenvalue weighted by atomic mass is 10.2. The molecule has 2 aromatic heterocycles. The number of carbonyl (C=O) groups excluding carboxylic acids is 2. The highest BCUT2D eigenvalue weighted by Crippen LogP contribution is 2.26. The topological polar surface area (TPSA) is 75.2 Å². The Balaban J connectivity index is 1.65. The molecule has 3 aromatic rings. The molecule has 0 unspecified atom stereocenters. The molecule has 1 N–H and O–H groups in total. The molecular weight excluding hydrogens is 372 g/mol. The number of amides is 2. The normalized spacial score (nSPS) is 10.5. The van der Waals surface area contributed by atoms with E-state index in [0.717, 1.165) is 27.5 Å². The highest BCUT2D eigenvalue weighted by Gasteiger charge is 2.13. The molecule has 7 heteroatoms. The van der Waals surface area contributed by atoms with Gasteiger partial charge in [0.05, 0.1) is 0 Å². The molecule has 144 valence electrons. The molecule has 0 fully saturated rings. The number of nitrogens with one attached hydrogen (secondary N) is 1. The first-order valence-electron chi connectivity index (χ1n) is 9.00. The van der Waals surface area contributed by atoms with Crippen molar-refractivity contribution in [3.05, 3.63) is 64.9 Å². The van der Waals surface area contributed by atoms with Gasteiger partial charge in [0.1, 0.15) is 10.7 Å². The van der Waals surface area contributed by atoms with Crippen LogP contribution in [0.15, 0.2) is 48.0 Å². The van der Waals surface area contributed by atoms with Crippen LogP contribution in [0.4, 0.5) is 5.69 Å². The van der Waals surface area contributed by atoms with Gasteiger partial charge in [0, 0.05) is 48.5 Å². The van der Waals surface area contributed by atoms with Gasteiger partial charge < -0.3 is 10.2 Å². The molecular formula is C21H22N4O2S. The van der Waals surface area contributed by atoms with E-state index in [0.29, 0.717) is 18.7 Å². The Morgan fingerprint density at radius 1 is 1.14 bits per heavy atom. The van der Waals surface area contributed by atoms with E-state index in [1.807, 2.05) is 50.2 Å². The van der Waals surface area contributed by atoms with Crippen molar-refractivity contribution in [1.82, 2.24) is 15.3 Å². The molecule has 0 spiro atoms. The van der Waals surface area contributed by atoms with E-state index in [4.69, 9.17) is 0 Å². The summed E-state index contributed by atoms with van der Waals surface area (Å²) >= 11 is 1.41. The molecule has 0 aliphatic rings. The van der Waals surface area contributed by atoms with E-state index in [-0.39, 0.29) is 11.8 Å². The van der Waals surface area contributed by atoms with Crippen LogP contribution in [-0.4, -0.2) is 28.8 Å². The quantitative estimate of drug-likeness (QED) is 0.690. The van der Waals surface area contributed by atoms with Gasteiger partial charge in [-0.3, -0.25) is 14.6 Å². The molecule has 0 saturated carbocycles. The predicted molar refractivity (Wildman–Crippen MR) is 111 cm³/mol. The zero-order valence-electron chi connectivity index (χ0n) is 16.1. The van der Waals surface area contributed by atoms with Crippen LogP contribution in [0.3, 0.4) is 0 Å². The molecule has 0 bridgehead atoms. The van der Waals surface area contributed by atoms with Crippen LogP contribution in [-0.2, 0) is 11.3 Å². The Hall–Kier alpha value is -3.06.